The second kappa shape index (κ2) is 4.50. The van der Waals surface area contributed by atoms with E-state index in [4.69, 9.17) is 0 Å². The normalized spacial score (nSPS) is 12.8. The summed E-state index contributed by atoms with van der Waals surface area (Å²) < 4.78 is 40.6. The van der Waals surface area contributed by atoms with Gasteiger partial charge in [0.25, 0.3) is 0 Å². The zero-order valence-electron chi connectivity index (χ0n) is 11.5. The van der Waals surface area contributed by atoms with E-state index in [1.54, 1.807) is 4.57 Å². The standard InChI is InChI=1S/C11H15F3N6/c1-10(2,3)20-6-15-17-9(20)16-8-5-7(11(12,13)14)18-19(8)4/h5-6H,1-4H3,(H,16,17). The molecule has 0 spiro atoms. The molecule has 9 heteroatoms. The maximum Gasteiger partial charge on any atom is 0.435 e. The SMILES string of the molecule is Cn1nc(C(F)(F)F)cc1Nc1nncn1C(C)(C)C. The molecule has 2 aromatic rings. The van der Waals surface area contributed by atoms with Gasteiger partial charge in [0.15, 0.2) is 5.69 Å². The number of alkyl halides is 3. The summed E-state index contributed by atoms with van der Waals surface area (Å²) in [6, 6.07) is 0.932. The summed E-state index contributed by atoms with van der Waals surface area (Å²) in [6.45, 7) is 5.81. The zero-order chi connectivity index (χ0) is 15.1. The number of aromatic nitrogens is 5. The smallest absolute Gasteiger partial charge is 0.309 e. The Morgan fingerprint density at radius 3 is 2.35 bits per heavy atom. The number of halogens is 3. The molecule has 0 aromatic carbocycles. The first-order valence-electron chi connectivity index (χ1n) is 5.88. The van der Waals surface area contributed by atoms with Gasteiger partial charge in [0.1, 0.15) is 12.1 Å². The minimum absolute atomic E-state index is 0.191. The van der Waals surface area contributed by atoms with Crippen LogP contribution in [0.4, 0.5) is 24.9 Å². The third-order valence-corrected chi connectivity index (χ3v) is 2.68. The number of nitrogens with zero attached hydrogens (tertiary/aromatic N) is 5. The third-order valence-electron chi connectivity index (χ3n) is 2.68. The van der Waals surface area contributed by atoms with E-state index in [0.717, 1.165) is 10.7 Å². The third kappa shape index (κ3) is 2.75. The van der Waals surface area contributed by atoms with Gasteiger partial charge in [0.05, 0.1) is 0 Å². The Balaban J connectivity index is 2.32. The summed E-state index contributed by atoms with van der Waals surface area (Å²) in [5.41, 5.74) is -1.25. The molecule has 0 unspecified atom stereocenters. The van der Waals surface area contributed by atoms with Gasteiger partial charge in [-0.1, -0.05) is 0 Å². The van der Waals surface area contributed by atoms with Crippen LogP contribution >= 0.6 is 0 Å². The van der Waals surface area contributed by atoms with E-state index in [-0.39, 0.29) is 11.4 Å². The van der Waals surface area contributed by atoms with Gasteiger partial charge >= 0.3 is 6.18 Å². The van der Waals surface area contributed by atoms with E-state index in [2.05, 4.69) is 20.6 Å². The molecule has 0 bridgehead atoms. The van der Waals surface area contributed by atoms with Crippen molar-refractivity contribution < 1.29 is 13.2 Å². The van der Waals surface area contributed by atoms with Gasteiger partial charge in [0.2, 0.25) is 5.95 Å². The second-order valence-electron chi connectivity index (χ2n) is 5.36. The van der Waals surface area contributed by atoms with Crippen molar-refractivity contribution in [2.45, 2.75) is 32.5 Å². The molecular weight excluding hydrogens is 273 g/mol. The Bertz CT molecular complexity index is 604. The van der Waals surface area contributed by atoms with Gasteiger partial charge in [-0.3, -0.25) is 9.25 Å². The molecule has 20 heavy (non-hydrogen) atoms. The predicted octanol–water partition coefficient (Wildman–Crippen LogP) is 2.53. The fraction of sp³-hybridized carbons (Fsp3) is 0.545. The molecule has 0 saturated carbocycles. The average molecular weight is 288 g/mol. The summed E-state index contributed by atoms with van der Waals surface area (Å²) in [6.07, 6.45) is -2.96. The molecular formula is C11H15F3N6. The minimum Gasteiger partial charge on any atom is -0.309 e. The first kappa shape index (κ1) is 14.4. The van der Waals surface area contributed by atoms with Crippen LogP contribution in [0.25, 0.3) is 0 Å². The van der Waals surface area contributed by atoms with E-state index in [0.29, 0.717) is 5.95 Å². The molecule has 0 aliphatic rings. The first-order chi connectivity index (χ1) is 9.09. The van der Waals surface area contributed by atoms with Crippen LogP contribution in [0.2, 0.25) is 0 Å². The molecule has 0 aliphatic heterocycles. The van der Waals surface area contributed by atoms with E-state index in [1.165, 1.54) is 13.4 Å². The molecule has 0 atom stereocenters. The van der Waals surface area contributed by atoms with Crippen molar-refractivity contribution in [3.05, 3.63) is 18.1 Å². The molecule has 2 rings (SSSR count). The molecule has 110 valence electrons. The number of hydrogen-bond acceptors (Lipinski definition) is 4. The van der Waals surface area contributed by atoms with Crippen LogP contribution in [0.15, 0.2) is 12.4 Å². The molecule has 2 heterocycles. The van der Waals surface area contributed by atoms with Gasteiger partial charge < -0.3 is 5.32 Å². The summed E-state index contributed by atoms with van der Waals surface area (Å²) in [5, 5.41) is 13.9. The van der Waals surface area contributed by atoms with Gasteiger partial charge in [0, 0.05) is 18.7 Å². The quantitative estimate of drug-likeness (QED) is 0.922. The minimum atomic E-state index is -4.48. The van der Waals surface area contributed by atoms with Crippen LogP contribution in [0.3, 0.4) is 0 Å². The highest BCUT2D eigenvalue weighted by Gasteiger charge is 2.34. The largest absolute Gasteiger partial charge is 0.435 e. The average Bonchev–Trinajstić information content (AvgIpc) is 2.85. The number of anilines is 2. The topological polar surface area (TPSA) is 60.6 Å². The van der Waals surface area contributed by atoms with Crippen LogP contribution < -0.4 is 5.32 Å². The molecule has 0 aliphatic carbocycles. The Hall–Kier alpha value is -2.06. The van der Waals surface area contributed by atoms with Crippen molar-refractivity contribution in [1.29, 1.82) is 0 Å². The highest BCUT2D eigenvalue weighted by molar-refractivity contribution is 5.49. The second-order valence-corrected chi connectivity index (χ2v) is 5.36. The van der Waals surface area contributed by atoms with Crippen LogP contribution in [-0.4, -0.2) is 24.5 Å². The lowest BCUT2D eigenvalue weighted by Crippen LogP contribution is -2.22. The lowest BCUT2D eigenvalue weighted by molar-refractivity contribution is -0.141. The summed E-state index contributed by atoms with van der Waals surface area (Å²) in [7, 11) is 1.43. The Kier molecular flexibility index (Phi) is 3.23. The molecule has 0 saturated heterocycles. The van der Waals surface area contributed by atoms with Crippen LogP contribution in [0.5, 0.6) is 0 Å². The van der Waals surface area contributed by atoms with Gasteiger partial charge in [-0.15, -0.1) is 10.2 Å². The fourth-order valence-electron chi connectivity index (χ4n) is 1.65. The van der Waals surface area contributed by atoms with Crippen LogP contribution in [0.1, 0.15) is 26.5 Å². The molecule has 2 aromatic heterocycles. The van der Waals surface area contributed by atoms with Crippen molar-refractivity contribution in [3.63, 3.8) is 0 Å². The van der Waals surface area contributed by atoms with E-state index < -0.39 is 11.9 Å². The molecule has 6 nitrogen and oxygen atoms in total. The molecule has 1 N–H and O–H groups in total. The summed E-state index contributed by atoms with van der Waals surface area (Å²) in [5.74, 6) is 0.546. The van der Waals surface area contributed by atoms with Crippen molar-refractivity contribution in [1.82, 2.24) is 24.5 Å². The number of nitrogens with one attached hydrogen (secondary N) is 1. The maximum atomic E-state index is 12.6. The Morgan fingerprint density at radius 2 is 1.85 bits per heavy atom. The first-order valence-corrected chi connectivity index (χ1v) is 5.88. The number of aryl methyl sites for hydroxylation is 1. The van der Waals surface area contributed by atoms with E-state index in [9.17, 15) is 13.2 Å². The highest BCUT2D eigenvalue weighted by atomic mass is 19.4. The fourth-order valence-corrected chi connectivity index (χ4v) is 1.65. The van der Waals surface area contributed by atoms with Crippen molar-refractivity contribution >= 4 is 11.8 Å². The summed E-state index contributed by atoms with van der Waals surface area (Å²) in [4.78, 5) is 0. The molecule has 0 fully saturated rings. The van der Waals surface area contributed by atoms with Gasteiger partial charge in [-0.25, -0.2) is 0 Å². The van der Waals surface area contributed by atoms with E-state index in [1.807, 2.05) is 20.8 Å². The zero-order valence-corrected chi connectivity index (χ0v) is 11.5. The maximum absolute atomic E-state index is 12.6. The lowest BCUT2D eigenvalue weighted by atomic mass is 10.1. The van der Waals surface area contributed by atoms with Gasteiger partial charge in [-0.05, 0) is 20.8 Å². The predicted molar refractivity (Wildman–Crippen MR) is 66.5 cm³/mol. The van der Waals surface area contributed by atoms with Crippen molar-refractivity contribution in [2.24, 2.45) is 7.05 Å². The number of hydrogen-bond donors (Lipinski definition) is 1. The monoisotopic (exact) mass is 288 g/mol. The highest BCUT2D eigenvalue weighted by Crippen LogP contribution is 2.30. The van der Waals surface area contributed by atoms with E-state index >= 15 is 0 Å². The van der Waals surface area contributed by atoms with Gasteiger partial charge in [-0.2, -0.15) is 18.3 Å². The Morgan fingerprint density at radius 1 is 1.20 bits per heavy atom. The van der Waals surface area contributed by atoms with Crippen LogP contribution in [0, 0.1) is 0 Å². The van der Waals surface area contributed by atoms with Crippen molar-refractivity contribution in [2.75, 3.05) is 5.32 Å². The Labute approximate surface area is 113 Å². The van der Waals surface area contributed by atoms with Crippen molar-refractivity contribution in [3.8, 4) is 0 Å². The number of rotatable bonds is 2. The lowest BCUT2D eigenvalue weighted by Gasteiger charge is -2.22. The van der Waals surface area contributed by atoms with Crippen LogP contribution in [-0.2, 0) is 18.8 Å². The molecule has 0 amide bonds. The molecule has 0 radical (unpaired) electrons. The summed E-state index contributed by atoms with van der Waals surface area (Å²) >= 11 is 0.